The number of hydrogen-bond donors (Lipinski definition) is 1. The molecule has 0 aliphatic heterocycles. The van der Waals surface area contributed by atoms with Gasteiger partial charge in [-0.15, -0.1) is 0 Å². The van der Waals surface area contributed by atoms with Gasteiger partial charge in [-0.25, -0.2) is 17.2 Å². The normalized spacial score (nSPS) is 12.0. The van der Waals surface area contributed by atoms with E-state index in [1.54, 1.807) is 12.1 Å². The van der Waals surface area contributed by atoms with Gasteiger partial charge in [-0.2, -0.15) is 13.2 Å². The fourth-order valence-electron chi connectivity index (χ4n) is 3.68. The molecule has 1 N–H and O–H groups in total. The molecular weight excluding hydrogens is 499 g/mol. The first-order chi connectivity index (χ1) is 16.9. The van der Waals surface area contributed by atoms with E-state index in [-0.39, 0.29) is 21.7 Å². The molecule has 1 aromatic heterocycles. The predicted molar refractivity (Wildman–Crippen MR) is 125 cm³/mol. The first-order valence-corrected chi connectivity index (χ1v) is 11.9. The Bertz CT molecular complexity index is 1570. The number of ketones is 1. The summed E-state index contributed by atoms with van der Waals surface area (Å²) < 4.78 is 71.4. The van der Waals surface area contributed by atoms with E-state index >= 15 is 0 Å². The van der Waals surface area contributed by atoms with Gasteiger partial charge in [-0.05, 0) is 66.6 Å². The molecular formula is C25H18F3NO6S. The number of carboxylic acids is 1. The molecule has 0 atom stereocenters. The number of carboxylic acid groups (broad SMARTS) is 1. The van der Waals surface area contributed by atoms with Gasteiger partial charge in [0.15, 0.2) is 12.4 Å². The molecule has 0 radical (unpaired) electrons. The first kappa shape index (κ1) is 25.0. The zero-order chi connectivity index (χ0) is 26.3. The Kier molecular flexibility index (Phi) is 6.35. The Hall–Kier alpha value is -4.12. The van der Waals surface area contributed by atoms with Crippen LogP contribution in [0, 0.1) is 0 Å². The maximum Gasteiger partial charge on any atom is 0.416 e. The highest BCUT2D eigenvalue weighted by atomic mass is 32.2. The quantitative estimate of drug-likeness (QED) is 0.337. The number of hydrogen-bond acceptors (Lipinski definition) is 5. The molecule has 0 bridgehead atoms. The number of carbonyl (C=O) groups is 2. The average Bonchev–Trinajstić information content (AvgIpc) is 3.22. The van der Waals surface area contributed by atoms with Crippen LogP contribution in [-0.4, -0.2) is 35.9 Å². The number of carbonyl (C=O) groups excluding carboxylic acids is 1. The third-order valence-corrected chi connectivity index (χ3v) is 7.13. The summed E-state index contributed by atoms with van der Waals surface area (Å²) in [6.45, 7) is 0.697. The summed E-state index contributed by atoms with van der Waals surface area (Å²) in [4.78, 5) is 22.8. The summed E-state index contributed by atoms with van der Waals surface area (Å²) in [7, 11) is -4.16. The molecule has 7 nitrogen and oxygen atoms in total. The molecule has 0 aliphatic rings. The minimum atomic E-state index is -4.48. The lowest BCUT2D eigenvalue weighted by molar-refractivity contribution is -0.139. The lowest BCUT2D eigenvalue weighted by atomic mass is 10.0. The topological polar surface area (TPSA) is 103 Å². The maximum absolute atomic E-state index is 13.4. The Balaban J connectivity index is 1.76. The van der Waals surface area contributed by atoms with Gasteiger partial charge < -0.3 is 9.84 Å². The van der Waals surface area contributed by atoms with E-state index in [4.69, 9.17) is 9.84 Å². The van der Waals surface area contributed by atoms with Gasteiger partial charge in [-0.1, -0.05) is 18.2 Å². The van der Waals surface area contributed by atoms with E-state index < -0.39 is 40.1 Å². The molecule has 0 fully saturated rings. The molecule has 0 saturated carbocycles. The van der Waals surface area contributed by atoms with Crippen LogP contribution >= 0.6 is 0 Å². The van der Waals surface area contributed by atoms with Crippen molar-refractivity contribution < 1.29 is 41.0 Å². The summed E-state index contributed by atoms with van der Waals surface area (Å²) in [6, 6.07) is 14.2. The van der Waals surface area contributed by atoms with E-state index in [1.807, 2.05) is 0 Å². The number of alkyl halides is 3. The number of aromatic nitrogens is 1. The van der Waals surface area contributed by atoms with Crippen molar-refractivity contribution in [2.75, 3.05) is 6.61 Å². The molecule has 4 aromatic rings. The number of Topliss-reactive ketones (excluding diaryl/α,β-unsaturated/α-hetero) is 1. The average molecular weight is 517 g/mol. The van der Waals surface area contributed by atoms with Gasteiger partial charge in [0.1, 0.15) is 5.75 Å². The third-order valence-electron chi connectivity index (χ3n) is 5.44. The zero-order valence-corrected chi connectivity index (χ0v) is 19.4. The van der Waals surface area contributed by atoms with Gasteiger partial charge in [0, 0.05) is 17.1 Å². The molecule has 186 valence electrons. The highest BCUT2D eigenvalue weighted by Crippen LogP contribution is 2.34. The Morgan fingerprint density at radius 1 is 0.944 bits per heavy atom. The minimum absolute atomic E-state index is 0.121. The van der Waals surface area contributed by atoms with Crippen LogP contribution in [0.1, 0.15) is 22.8 Å². The summed E-state index contributed by atoms with van der Waals surface area (Å²) in [5.41, 5.74) is 0.514. The smallest absolute Gasteiger partial charge is 0.416 e. The first-order valence-electron chi connectivity index (χ1n) is 10.4. The monoisotopic (exact) mass is 517 g/mol. The van der Waals surface area contributed by atoms with Gasteiger partial charge in [-0.3, -0.25) is 4.79 Å². The Morgan fingerprint density at radius 3 is 2.11 bits per heavy atom. The molecule has 1 heterocycles. The van der Waals surface area contributed by atoms with Gasteiger partial charge in [0.05, 0.1) is 16.0 Å². The van der Waals surface area contributed by atoms with Crippen LogP contribution < -0.4 is 4.74 Å². The van der Waals surface area contributed by atoms with Crippen molar-refractivity contribution in [2.24, 2.45) is 0 Å². The second-order valence-electron chi connectivity index (χ2n) is 7.86. The van der Waals surface area contributed by atoms with Crippen LogP contribution in [0.25, 0.3) is 22.0 Å². The van der Waals surface area contributed by atoms with Crippen molar-refractivity contribution in [2.45, 2.75) is 18.0 Å². The van der Waals surface area contributed by atoms with E-state index in [0.29, 0.717) is 16.5 Å². The van der Waals surface area contributed by atoms with Crippen molar-refractivity contribution >= 4 is 32.7 Å². The number of halogens is 3. The summed E-state index contributed by atoms with van der Waals surface area (Å²) in [5, 5.41) is 9.02. The fraction of sp³-hybridized carbons (Fsp3) is 0.120. The van der Waals surface area contributed by atoms with Crippen molar-refractivity contribution in [1.82, 2.24) is 3.97 Å². The molecule has 3 aromatic carbocycles. The van der Waals surface area contributed by atoms with Crippen molar-refractivity contribution in [1.29, 1.82) is 0 Å². The van der Waals surface area contributed by atoms with Crippen LogP contribution in [0.15, 0.2) is 77.8 Å². The van der Waals surface area contributed by atoms with Crippen LogP contribution in [0.5, 0.6) is 5.75 Å². The molecule has 0 unspecified atom stereocenters. The summed E-state index contributed by atoms with van der Waals surface area (Å²) in [6.07, 6.45) is -3.27. The van der Waals surface area contributed by atoms with Crippen molar-refractivity contribution in [3.05, 3.63) is 84.1 Å². The van der Waals surface area contributed by atoms with Gasteiger partial charge >= 0.3 is 12.1 Å². The minimum Gasteiger partial charge on any atom is -0.482 e. The number of aliphatic carboxylic acids is 1. The van der Waals surface area contributed by atoms with Crippen molar-refractivity contribution in [3.8, 4) is 16.9 Å². The number of nitrogens with zero attached hydrogens (tertiary/aromatic N) is 1. The van der Waals surface area contributed by atoms with E-state index in [0.717, 1.165) is 16.1 Å². The molecule has 36 heavy (non-hydrogen) atoms. The maximum atomic E-state index is 13.4. The number of ether oxygens (including phenoxy) is 1. The number of fused-ring (bicyclic) bond motifs is 1. The fourth-order valence-corrected chi connectivity index (χ4v) is 5.05. The van der Waals surface area contributed by atoms with Gasteiger partial charge in [0.2, 0.25) is 0 Å². The zero-order valence-electron chi connectivity index (χ0n) is 18.6. The lowest BCUT2D eigenvalue weighted by Gasteiger charge is -2.10. The SMILES string of the molecule is CC(=O)c1cn(S(=O)(=O)c2ccc(OCC(=O)O)cc2)c2ccc(-c3ccc(C(F)(F)F)cc3)cc12. The van der Waals surface area contributed by atoms with Gasteiger partial charge in [0.25, 0.3) is 10.0 Å². The molecule has 4 rings (SSSR count). The van der Waals surface area contributed by atoms with E-state index in [9.17, 15) is 31.2 Å². The molecule has 0 spiro atoms. The highest BCUT2D eigenvalue weighted by molar-refractivity contribution is 7.90. The highest BCUT2D eigenvalue weighted by Gasteiger charge is 2.30. The van der Waals surface area contributed by atoms with Crippen LogP contribution in [0.2, 0.25) is 0 Å². The van der Waals surface area contributed by atoms with Crippen LogP contribution in [-0.2, 0) is 21.0 Å². The second kappa shape index (κ2) is 9.15. The second-order valence-corrected chi connectivity index (χ2v) is 9.68. The number of rotatable bonds is 7. The number of benzene rings is 3. The van der Waals surface area contributed by atoms with E-state index in [2.05, 4.69) is 0 Å². The predicted octanol–water partition coefficient (Wildman–Crippen LogP) is 5.23. The Labute approximate surface area is 203 Å². The lowest BCUT2D eigenvalue weighted by Crippen LogP contribution is -2.12. The van der Waals surface area contributed by atoms with Crippen LogP contribution in [0.3, 0.4) is 0 Å². The largest absolute Gasteiger partial charge is 0.482 e. The summed E-state index contributed by atoms with van der Waals surface area (Å²) >= 11 is 0. The Morgan fingerprint density at radius 2 is 1.56 bits per heavy atom. The molecule has 0 amide bonds. The molecule has 11 heteroatoms. The van der Waals surface area contributed by atoms with Crippen molar-refractivity contribution in [3.63, 3.8) is 0 Å². The standard InChI is InChI=1S/C25H18F3NO6S/c1-15(30)22-13-29(36(33,34)20-9-7-19(8-10-20)35-14-24(31)32)23-11-4-17(12-21(22)23)16-2-5-18(6-3-16)25(26,27)28/h2-13H,14H2,1H3,(H,31,32). The molecule has 0 saturated heterocycles. The molecule has 0 aliphatic carbocycles. The summed E-state index contributed by atoms with van der Waals surface area (Å²) in [5.74, 6) is -1.41. The third kappa shape index (κ3) is 4.82. The van der Waals surface area contributed by atoms with Crippen LogP contribution in [0.4, 0.5) is 13.2 Å². The van der Waals surface area contributed by atoms with E-state index in [1.165, 1.54) is 55.6 Å².